The van der Waals surface area contributed by atoms with E-state index in [9.17, 15) is 0 Å². The van der Waals surface area contributed by atoms with Crippen molar-refractivity contribution in [2.75, 3.05) is 13.1 Å². The fourth-order valence-electron chi connectivity index (χ4n) is 0. The molecule has 6 nitrogen and oxygen atoms in total. The Morgan fingerprint density at radius 2 is 1.09 bits per heavy atom. The predicted octanol–water partition coefficient (Wildman–Crippen LogP) is -4.99. The van der Waals surface area contributed by atoms with Crippen LogP contribution in [0.15, 0.2) is 0 Å². The average Bonchev–Trinajstić information content (AvgIpc) is 1.89. The summed E-state index contributed by atoms with van der Waals surface area (Å²) in [5, 5.41) is 18.3. The topological polar surface area (TPSA) is 132 Å². The molecule has 62 valence electrons. The van der Waals surface area contributed by atoms with Gasteiger partial charge in [0.15, 0.2) is 0 Å². The molecule has 0 heterocycles. The molecular formula is C4H8CaN2O4-2. The van der Waals surface area contributed by atoms with Crippen molar-refractivity contribution in [3.63, 3.8) is 0 Å². The molecule has 0 aliphatic carbocycles. The number of aliphatic carboxylic acids is 2. The molecule has 0 aliphatic rings. The van der Waals surface area contributed by atoms with Crippen LogP contribution in [-0.2, 0) is 9.59 Å². The largest absolute Gasteiger partial charge is 0.549 e. The molecule has 0 aliphatic heterocycles. The van der Waals surface area contributed by atoms with Crippen LogP contribution in [0.4, 0.5) is 0 Å². The standard InChI is InChI=1S/2C2H5NO2.Ca/c2*3-1-2(4)5;/h2*1,3H2,(H,4,5);/p-2. The number of rotatable bonds is 2. The van der Waals surface area contributed by atoms with Crippen LogP contribution in [0.25, 0.3) is 0 Å². The molecule has 0 atom stereocenters. The van der Waals surface area contributed by atoms with Crippen molar-refractivity contribution in [2.45, 2.75) is 0 Å². The normalized spacial score (nSPS) is 6.73. The zero-order chi connectivity index (χ0) is 8.57. The van der Waals surface area contributed by atoms with E-state index in [0.717, 1.165) is 0 Å². The van der Waals surface area contributed by atoms with Gasteiger partial charge in [0.1, 0.15) is 0 Å². The monoisotopic (exact) mass is 188 g/mol. The maximum absolute atomic E-state index is 9.13. The summed E-state index contributed by atoms with van der Waals surface area (Å²) >= 11 is 0. The van der Waals surface area contributed by atoms with E-state index in [1.54, 1.807) is 0 Å². The Balaban J connectivity index is -0.000000107. The maximum Gasteiger partial charge on any atom is 0.0550 e. The van der Waals surface area contributed by atoms with Gasteiger partial charge in [-0.15, -0.1) is 0 Å². The number of carbonyl (C=O) groups excluding carboxylic acids is 2. The molecule has 0 amide bonds. The van der Waals surface area contributed by atoms with Gasteiger partial charge < -0.3 is 31.3 Å². The number of hydrogen-bond donors (Lipinski definition) is 2. The summed E-state index contributed by atoms with van der Waals surface area (Å²) in [6.45, 7) is -0.778. The maximum atomic E-state index is 9.13. The van der Waals surface area contributed by atoms with Crippen LogP contribution in [0.3, 0.4) is 0 Å². The Hall–Kier alpha value is 0.120. The molecule has 4 N–H and O–H groups in total. The minimum atomic E-state index is -1.22. The minimum absolute atomic E-state index is 0. The van der Waals surface area contributed by atoms with E-state index in [-0.39, 0.29) is 50.8 Å². The SMILES string of the molecule is NCC(=O)[O-].NCC(=O)[O-].[Ca]. The van der Waals surface area contributed by atoms with Gasteiger partial charge in [0, 0.05) is 50.8 Å². The van der Waals surface area contributed by atoms with Gasteiger partial charge in [0.25, 0.3) is 0 Å². The number of hydrogen-bond acceptors (Lipinski definition) is 6. The Morgan fingerprint density at radius 1 is 1.00 bits per heavy atom. The molecule has 0 unspecified atom stereocenters. The fourth-order valence-corrected chi connectivity index (χ4v) is 0. The van der Waals surface area contributed by atoms with E-state index in [4.69, 9.17) is 19.8 Å². The molecule has 2 radical (unpaired) electrons. The average molecular weight is 188 g/mol. The van der Waals surface area contributed by atoms with Crippen molar-refractivity contribution < 1.29 is 19.8 Å². The quantitative estimate of drug-likeness (QED) is 0.417. The van der Waals surface area contributed by atoms with Crippen molar-refractivity contribution in [3.05, 3.63) is 0 Å². The second kappa shape index (κ2) is 12.8. The molecule has 0 saturated heterocycles. The Morgan fingerprint density at radius 3 is 1.09 bits per heavy atom. The summed E-state index contributed by atoms with van der Waals surface area (Å²) < 4.78 is 0. The fraction of sp³-hybridized carbons (Fsp3) is 0.500. The third-order valence-corrected chi connectivity index (χ3v) is 0.333. The molecule has 0 spiro atoms. The number of nitrogens with two attached hydrogens (primary N) is 2. The molecule has 0 saturated carbocycles. The third-order valence-electron chi connectivity index (χ3n) is 0.333. The van der Waals surface area contributed by atoms with E-state index in [0.29, 0.717) is 0 Å². The molecule has 0 aromatic rings. The van der Waals surface area contributed by atoms with Gasteiger partial charge in [0.05, 0.1) is 11.9 Å². The first-order chi connectivity index (χ1) is 4.54. The molecule has 0 aromatic heterocycles. The van der Waals surface area contributed by atoms with E-state index < -0.39 is 11.9 Å². The van der Waals surface area contributed by atoms with Crippen LogP contribution in [-0.4, -0.2) is 62.8 Å². The van der Waals surface area contributed by atoms with Crippen LogP contribution in [0, 0.1) is 0 Å². The molecule has 0 rings (SSSR count). The van der Waals surface area contributed by atoms with Crippen LogP contribution in [0.1, 0.15) is 0 Å². The predicted molar refractivity (Wildman–Crippen MR) is 33.9 cm³/mol. The second-order valence-electron chi connectivity index (χ2n) is 1.15. The van der Waals surface area contributed by atoms with Crippen LogP contribution < -0.4 is 21.7 Å². The Bertz CT molecular complexity index is 105. The Kier molecular flexibility index (Phi) is 20.0. The van der Waals surface area contributed by atoms with Crippen molar-refractivity contribution in [2.24, 2.45) is 11.5 Å². The van der Waals surface area contributed by atoms with Crippen molar-refractivity contribution in [3.8, 4) is 0 Å². The summed E-state index contributed by atoms with van der Waals surface area (Å²) in [6, 6.07) is 0. The first kappa shape index (κ1) is 17.3. The van der Waals surface area contributed by atoms with E-state index in [2.05, 4.69) is 11.5 Å². The minimum Gasteiger partial charge on any atom is -0.549 e. The van der Waals surface area contributed by atoms with Crippen molar-refractivity contribution in [1.29, 1.82) is 0 Å². The van der Waals surface area contributed by atoms with Crippen LogP contribution in [0.2, 0.25) is 0 Å². The number of carbonyl (C=O) groups is 2. The summed E-state index contributed by atoms with van der Waals surface area (Å²) in [5.74, 6) is -2.44. The van der Waals surface area contributed by atoms with Gasteiger partial charge in [-0.1, -0.05) is 0 Å². The Labute approximate surface area is 93.5 Å². The van der Waals surface area contributed by atoms with Gasteiger partial charge in [-0.2, -0.15) is 0 Å². The number of carboxylic acid groups (broad SMARTS) is 2. The zero-order valence-electron chi connectivity index (χ0n) is 5.91. The summed E-state index contributed by atoms with van der Waals surface area (Å²) in [5.41, 5.74) is 9.02. The van der Waals surface area contributed by atoms with Gasteiger partial charge in [-0.25, -0.2) is 0 Å². The summed E-state index contributed by atoms with van der Waals surface area (Å²) in [6.07, 6.45) is 0. The van der Waals surface area contributed by atoms with Crippen LogP contribution >= 0.6 is 0 Å². The first-order valence-electron chi connectivity index (χ1n) is 2.34. The third kappa shape index (κ3) is 39.3. The first-order valence-corrected chi connectivity index (χ1v) is 2.34. The number of carboxylic acids is 2. The molecule has 7 heteroatoms. The zero-order valence-corrected chi connectivity index (χ0v) is 8.12. The van der Waals surface area contributed by atoms with Crippen molar-refractivity contribution >= 4 is 49.7 Å². The van der Waals surface area contributed by atoms with Gasteiger partial charge in [0.2, 0.25) is 0 Å². The smallest absolute Gasteiger partial charge is 0.0550 e. The second-order valence-corrected chi connectivity index (χ2v) is 1.15. The molecule has 11 heavy (non-hydrogen) atoms. The summed E-state index contributed by atoms with van der Waals surface area (Å²) in [4.78, 5) is 18.3. The van der Waals surface area contributed by atoms with Crippen LogP contribution in [0.5, 0.6) is 0 Å². The summed E-state index contributed by atoms with van der Waals surface area (Å²) in [7, 11) is 0. The molecule has 0 fully saturated rings. The van der Waals surface area contributed by atoms with E-state index >= 15 is 0 Å². The van der Waals surface area contributed by atoms with Gasteiger partial charge in [-0.05, 0) is 0 Å². The van der Waals surface area contributed by atoms with Gasteiger partial charge >= 0.3 is 0 Å². The molecule has 0 bridgehead atoms. The van der Waals surface area contributed by atoms with Gasteiger partial charge in [-0.3, -0.25) is 0 Å². The van der Waals surface area contributed by atoms with Crippen molar-refractivity contribution in [1.82, 2.24) is 0 Å². The van der Waals surface area contributed by atoms with E-state index in [1.165, 1.54) is 0 Å². The molecular weight excluding hydrogens is 180 g/mol. The van der Waals surface area contributed by atoms with E-state index in [1.807, 2.05) is 0 Å². The molecule has 0 aromatic carbocycles.